The summed E-state index contributed by atoms with van der Waals surface area (Å²) >= 11 is 1.49. The number of carbonyl (C=O) groups excluding carboxylic acids is 1. The van der Waals surface area contributed by atoms with Crippen molar-refractivity contribution in [1.29, 1.82) is 0 Å². The average molecular weight is 574 g/mol. The lowest BCUT2D eigenvalue weighted by atomic mass is 10.0. The Balaban J connectivity index is 0.000000470. The second-order valence-corrected chi connectivity index (χ2v) is 9.68. The van der Waals surface area contributed by atoms with Crippen LogP contribution in [0, 0.1) is 5.92 Å². The van der Waals surface area contributed by atoms with Gasteiger partial charge in [0.05, 0.1) is 16.9 Å². The number of benzene rings is 1. The molecule has 1 saturated heterocycles. The van der Waals surface area contributed by atoms with E-state index < -0.39 is 18.2 Å². The summed E-state index contributed by atoms with van der Waals surface area (Å²) in [5.41, 5.74) is 4.59. The van der Waals surface area contributed by atoms with E-state index in [2.05, 4.69) is 56.6 Å². The van der Waals surface area contributed by atoms with Gasteiger partial charge in [0, 0.05) is 48.4 Å². The number of nitrogens with zero attached hydrogens (tertiary/aromatic N) is 4. The lowest BCUT2D eigenvalue weighted by Gasteiger charge is -2.19. The van der Waals surface area contributed by atoms with Crippen molar-refractivity contribution >= 4 is 40.0 Å². The minimum atomic E-state index is -5.08. The lowest BCUT2D eigenvalue weighted by molar-refractivity contribution is -0.192. The Morgan fingerprint density at radius 2 is 1.98 bits per heavy atom. The Labute approximate surface area is 231 Å². The number of thiazole rings is 1. The van der Waals surface area contributed by atoms with Crippen molar-refractivity contribution in [3.05, 3.63) is 71.4 Å². The molecular formula is C27H26F3N5O4S. The quantitative estimate of drug-likeness (QED) is 0.296. The van der Waals surface area contributed by atoms with Gasteiger partial charge in [-0.2, -0.15) is 13.2 Å². The standard InChI is InChI=1S/C25H25N5O2S.C2HF3O2/c31-25(32-15-20-16-33-17-28-20)27-11-7-18-9-12-30(14-18)24-6-2-5-23(29-24)22-4-1-3-19-13-26-10-8-21(19)22;3-2(4,5)1(6)7/h1-6,8,10,13,16-18H,7,9,11-12,14-15H2,(H,27,31);(H,6,7). The highest BCUT2D eigenvalue weighted by atomic mass is 32.1. The maximum atomic E-state index is 11.9. The minimum Gasteiger partial charge on any atom is -0.475 e. The number of alkyl halides is 3. The van der Waals surface area contributed by atoms with E-state index in [4.69, 9.17) is 19.6 Å². The highest BCUT2D eigenvalue weighted by Gasteiger charge is 2.38. The van der Waals surface area contributed by atoms with Crippen molar-refractivity contribution in [1.82, 2.24) is 20.3 Å². The van der Waals surface area contributed by atoms with Gasteiger partial charge in [0.25, 0.3) is 0 Å². The Morgan fingerprint density at radius 3 is 2.73 bits per heavy atom. The van der Waals surface area contributed by atoms with E-state index in [-0.39, 0.29) is 6.61 Å². The zero-order valence-corrected chi connectivity index (χ0v) is 22.0. The number of aromatic nitrogens is 3. The molecule has 0 radical (unpaired) electrons. The SMILES string of the molecule is O=C(NCCC1CCN(c2cccc(-c3cccc4cnccc34)n2)C1)OCc1cscn1.O=C(O)C(F)(F)F. The van der Waals surface area contributed by atoms with Crippen molar-refractivity contribution in [3.8, 4) is 11.3 Å². The summed E-state index contributed by atoms with van der Waals surface area (Å²) < 4.78 is 36.9. The second-order valence-electron chi connectivity index (χ2n) is 8.96. The van der Waals surface area contributed by atoms with Gasteiger partial charge in [-0.15, -0.1) is 11.3 Å². The normalized spacial score (nSPS) is 14.9. The maximum Gasteiger partial charge on any atom is 0.490 e. The molecule has 1 atom stereocenters. The number of anilines is 1. The number of hydrogen-bond acceptors (Lipinski definition) is 8. The Kier molecular flexibility index (Phi) is 9.48. The summed E-state index contributed by atoms with van der Waals surface area (Å²) in [5, 5.41) is 14.1. The third kappa shape index (κ3) is 7.88. The molecule has 1 amide bonds. The van der Waals surface area contributed by atoms with E-state index in [1.54, 1.807) is 5.51 Å². The van der Waals surface area contributed by atoms with Crippen LogP contribution in [0.1, 0.15) is 18.5 Å². The van der Waals surface area contributed by atoms with Gasteiger partial charge in [-0.05, 0) is 42.3 Å². The van der Waals surface area contributed by atoms with Gasteiger partial charge in [-0.3, -0.25) is 4.98 Å². The summed E-state index contributed by atoms with van der Waals surface area (Å²) in [7, 11) is 0. The van der Waals surface area contributed by atoms with Gasteiger partial charge in [-0.1, -0.05) is 24.3 Å². The Morgan fingerprint density at radius 1 is 1.18 bits per heavy atom. The topological polar surface area (TPSA) is 118 Å². The largest absolute Gasteiger partial charge is 0.490 e. The number of nitrogens with one attached hydrogen (secondary N) is 1. The van der Waals surface area contributed by atoms with E-state index in [1.165, 1.54) is 11.3 Å². The summed E-state index contributed by atoms with van der Waals surface area (Å²) in [6, 6.07) is 14.5. The number of pyridine rings is 2. The predicted molar refractivity (Wildman–Crippen MR) is 144 cm³/mol. The molecule has 210 valence electrons. The number of amides is 1. The van der Waals surface area contributed by atoms with E-state index >= 15 is 0 Å². The van der Waals surface area contributed by atoms with Gasteiger partial charge in [0.1, 0.15) is 12.4 Å². The molecule has 5 rings (SSSR count). The number of ether oxygens (including phenoxy) is 1. The van der Waals surface area contributed by atoms with E-state index in [0.29, 0.717) is 12.5 Å². The van der Waals surface area contributed by atoms with Crippen molar-refractivity contribution in [2.45, 2.75) is 25.6 Å². The van der Waals surface area contributed by atoms with Crippen molar-refractivity contribution in [2.75, 3.05) is 24.5 Å². The predicted octanol–water partition coefficient (Wildman–Crippen LogP) is 5.53. The number of carbonyl (C=O) groups is 2. The van der Waals surface area contributed by atoms with Crippen molar-refractivity contribution in [2.24, 2.45) is 5.92 Å². The van der Waals surface area contributed by atoms with Crippen LogP contribution in [0.15, 0.2) is 65.7 Å². The van der Waals surface area contributed by atoms with Crippen LogP contribution in [0.5, 0.6) is 0 Å². The zero-order chi connectivity index (χ0) is 28.5. The fourth-order valence-electron chi connectivity index (χ4n) is 4.25. The highest BCUT2D eigenvalue weighted by Crippen LogP contribution is 2.30. The fraction of sp³-hybridized carbons (Fsp3) is 0.296. The molecule has 1 aliphatic heterocycles. The molecule has 2 N–H and O–H groups in total. The molecule has 0 spiro atoms. The van der Waals surface area contributed by atoms with Crippen LogP contribution in [0.25, 0.3) is 22.0 Å². The molecule has 40 heavy (non-hydrogen) atoms. The van der Waals surface area contributed by atoms with Crippen LogP contribution < -0.4 is 10.2 Å². The van der Waals surface area contributed by atoms with Crippen LogP contribution in [-0.2, 0) is 16.1 Å². The van der Waals surface area contributed by atoms with Gasteiger partial charge in [0.15, 0.2) is 0 Å². The lowest BCUT2D eigenvalue weighted by Crippen LogP contribution is -2.27. The number of carboxylic acid groups (broad SMARTS) is 1. The molecule has 0 aliphatic carbocycles. The first-order valence-corrected chi connectivity index (χ1v) is 13.3. The monoisotopic (exact) mass is 573 g/mol. The molecule has 4 aromatic rings. The fourth-order valence-corrected chi connectivity index (χ4v) is 4.79. The number of alkyl carbamates (subject to hydrolysis) is 1. The van der Waals surface area contributed by atoms with Crippen molar-refractivity contribution in [3.63, 3.8) is 0 Å². The van der Waals surface area contributed by atoms with Crippen LogP contribution in [0.3, 0.4) is 0 Å². The number of fused-ring (bicyclic) bond motifs is 1. The smallest absolute Gasteiger partial charge is 0.475 e. The number of rotatable bonds is 7. The number of carboxylic acids is 1. The first kappa shape index (κ1) is 28.7. The molecule has 1 aromatic carbocycles. The zero-order valence-electron chi connectivity index (χ0n) is 21.2. The number of hydrogen-bond donors (Lipinski definition) is 2. The molecule has 1 aliphatic rings. The van der Waals surface area contributed by atoms with Crippen molar-refractivity contribution < 1.29 is 32.6 Å². The number of halogens is 3. The van der Waals surface area contributed by atoms with Gasteiger partial charge in [0.2, 0.25) is 0 Å². The molecule has 9 nitrogen and oxygen atoms in total. The summed E-state index contributed by atoms with van der Waals surface area (Å²) in [6.45, 7) is 2.72. The molecule has 0 saturated carbocycles. The van der Waals surface area contributed by atoms with E-state index in [0.717, 1.165) is 59.5 Å². The molecule has 1 fully saturated rings. The first-order chi connectivity index (χ1) is 19.2. The average Bonchev–Trinajstić information content (AvgIpc) is 3.64. The highest BCUT2D eigenvalue weighted by molar-refractivity contribution is 7.07. The van der Waals surface area contributed by atoms with Gasteiger partial charge < -0.3 is 20.1 Å². The molecule has 4 heterocycles. The maximum absolute atomic E-state index is 11.9. The van der Waals surface area contributed by atoms with Crippen LogP contribution >= 0.6 is 11.3 Å². The first-order valence-electron chi connectivity index (χ1n) is 12.3. The Bertz CT molecular complexity index is 1430. The van der Waals surface area contributed by atoms with Crippen LogP contribution in [0.4, 0.5) is 23.8 Å². The molecule has 13 heteroatoms. The Hall–Kier alpha value is -4.26. The van der Waals surface area contributed by atoms with E-state index in [9.17, 15) is 18.0 Å². The van der Waals surface area contributed by atoms with Gasteiger partial charge >= 0.3 is 18.2 Å². The van der Waals surface area contributed by atoms with Gasteiger partial charge in [-0.25, -0.2) is 19.6 Å². The third-order valence-electron chi connectivity index (χ3n) is 6.20. The second kappa shape index (κ2) is 13.2. The summed E-state index contributed by atoms with van der Waals surface area (Å²) in [4.78, 5) is 36.4. The van der Waals surface area contributed by atoms with Crippen LogP contribution in [-0.4, -0.2) is 57.9 Å². The molecule has 1 unspecified atom stereocenters. The summed E-state index contributed by atoms with van der Waals surface area (Å²) in [6.07, 6.45) is 0.234. The number of aliphatic carboxylic acids is 1. The van der Waals surface area contributed by atoms with E-state index in [1.807, 2.05) is 23.8 Å². The molecule has 3 aromatic heterocycles. The summed E-state index contributed by atoms with van der Waals surface area (Å²) in [5.74, 6) is -1.25. The minimum absolute atomic E-state index is 0.210. The van der Waals surface area contributed by atoms with Crippen LogP contribution in [0.2, 0.25) is 0 Å². The molecule has 0 bridgehead atoms. The third-order valence-corrected chi connectivity index (χ3v) is 6.84. The molecular weight excluding hydrogens is 547 g/mol.